The summed E-state index contributed by atoms with van der Waals surface area (Å²) in [5.74, 6) is -0.0447. The van der Waals surface area contributed by atoms with Crippen molar-refractivity contribution in [3.63, 3.8) is 0 Å². The Balaban J connectivity index is 1.77. The second-order valence-corrected chi connectivity index (χ2v) is 5.19. The first-order valence-corrected chi connectivity index (χ1v) is 6.32. The minimum Gasteiger partial charge on any atom is -0.481 e. The number of carboxylic acids is 1. The van der Waals surface area contributed by atoms with Crippen LogP contribution in [0.3, 0.4) is 0 Å². The predicted molar refractivity (Wildman–Crippen MR) is 64.8 cm³/mol. The zero-order valence-corrected chi connectivity index (χ0v) is 10.3. The number of hydrogen-bond donors (Lipinski definition) is 1. The first kappa shape index (κ1) is 11.4. The zero-order valence-electron chi connectivity index (χ0n) is 10.3. The molecule has 1 N–H and O–H groups in total. The van der Waals surface area contributed by atoms with Gasteiger partial charge in [-0.25, -0.2) is 0 Å². The van der Waals surface area contributed by atoms with Crippen molar-refractivity contribution in [2.75, 3.05) is 0 Å². The number of carboxylic acid groups (broad SMARTS) is 1. The van der Waals surface area contributed by atoms with Crippen LogP contribution in [0.5, 0.6) is 11.5 Å². The second-order valence-electron chi connectivity index (χ2n) is 5.19. The smallest absolute Gasteiger partial charge is 0.306 e. The lowest BCUT2D eigenvalue weighted by Gasteiger charge is -2.35. The molecule has 96 valence electrons. The van der Waals surface area contributed by atoms with E-state index in [9.17, 15) is 4.79 Å². The molecule has 4 nitrogen and oxygen atoms in total. The number of benzene rings is 1. The van der Waals surface area contributed by atoms with E-state index in [1.54, 1.807) is 6.92 Å². The van der Waals surface area contributed by atoms with E-state index in [-0.39, 0.29) is 5.92 Å². The summed E-state index contributed by atoms with van der Waals surface area (Å²) in [5, 5.41) is 8.91. The highest BCUT2D eigenvalue weighted by Crippen LogP contribution is 2.48. The molecule has 1 aromatic rings. The highest BCUT2D eigenvalue weighted by Gasteiger charge is 2.47. The summed E-state index contributed by atoms with van der Waals surface area (Å²) in [6.07, 6.45) is 3.51. The van der Waals surface area contributed by atoms with E-state index < -0.39 is 11.8 Å². The summed E-state index contributed by atoms with van der Waals surface area (Å²) in [6, 6.07) is 5.70. The topological polar surface area (TPSA) is 55.8 Å². The lowest BCUT2D eigenvalue weighted by Crippen LogP contribution is -2.45. The molecule has 1 aromatic carbocycles. The van der Waals surface area contributed by atoms with Crippen molar-refractivity contribution >= 4 is 5.97 Å². The average Bonchev–Trinajstić information content (AvgIpc) is 2.67. The number of rotatable bonds is 3. The van der Waals surface area contributed by atoms with Gasteiger partial charge in [0, 0.05) is 12.8 Å². The third-order valence-electron chi connectivity index (χ3n) is 3.68. The molecule has 1 heterocycles. The molecule has 2 aliphatic rings. The van der Waals surface area contributed by atoms with E-state index in [1.165, 1.54) is 0 Å². The molecule has 0 saturated heterocycles. The summed E-state index contributed by atoms with van der Waals surface area (Å²) in [6.45, 7) is 1.71. The molecule has 3 rings (SSSR count). The van der Waals surface area contributed by atoms with Gasteiger partial charge in [0.2, 0.25) is 0 Å². The Labute approximate surface area is 106 Å². The summed E-state index contributed by atoms with van der Waals surface area (Å²) in [7, 11) is 0. The van der Waals surface area contributed by atoms with E-state index >= 15 is 0 Å². The lowest BCUT2D eigenvalue weighted by atomic mass is 9.91. The predicted octanol–water partition coefficient (Wildman–Crippen LogP) is 2.60. The van der Waals surface area contributed by atoms with Crippen LogP contribution in [0.1, 0.15) is 31.7 Å². The summed E-state index contributed by atoms with van der Waals surface area (Å²) in [4.78, 5) is 10.8. The van der Waals surface area contributed by atoms with Crippen molar-refractivity contribution in [2.45, 2.75) is 38.4 Å². The van der Waals surface area contributed by atoms with Gasteiger partial charge >= 0.3 is 5.97 Å². The van der Waals surface area contributed by atoms with Crippen LogP contribution in [-0.4, -0.2) is 16.9 Å². The van der Waals surface area contributed by atoms with Crippen LogP contribution in [0.4, 0.5) is 0 Å². The molecule has 1 fully saturated rings. The molecule has 4 heteroatoms. The molecule has 0 bridgehead atoms. The van der Waals surface area contributed by atoms with Gasteiger partial charge in [-0.05, 0) is 30.5 Å². The SMILES string of the molecule is CC(Cc1ccc2c(c1)OC1(CCC1)O2)C(=O)O. The molecule has 1 aliphatic heterocycles. The third-order valence-corrected chi connectivity index (χ3v) is 3.68. The van der Waals surface area contributed by atoms with Crippen LogP contribution in [0.25, 0.3) is 0 Å². The van der Waals surface area contributed by atoms with Crippen LogP contribution in [0.15, 0.2) is 18.2 Å². The Kier molecular flexibility index (Phi) is 2.47. The fraction of sp³-hybridized carbons (Fsp3) is 0.500. The van der Waals surface area contributed by atoms with Crippen LogP contribution in [0.2, 0.25) is 0 Å². The zero-order chi connectivity index (χ0) is 12.8. The van der Waals surface area contributed by atoms with Gasteiger partial charge in [0.1, 0.15) is 0 Å². The van der Waals surface area contributed by atoms with E-state index in [0.717, 1.165) is 36.3 Å². The van der Waals surface area contributed by atoms with Crippen molar-refractivity contribution in [3.8, 4) is 11.5 Å². The maximum atomic E-state index is 10.8. The average molecular weight is 248 g/mol. The quantitative estimate of drug-likeness (QED) is 0.893. The van der Waals surface area contributed by atoms with Gasteiger partial charge in [0.15, 0.2) is 11.5 Å². The van der Waals surface area contributed by atoms with Gasteiger partial charge in [0.05, 0.1) is 5.92 Å². The maximum Gasteiger partial charge on any atom is 0.306 e. The number of ether oxygens (including phenoxy) is 2. The molecule has 18 heavy (non-hydrogen) atoms. The molecule has 0 aromatic heterocycles. The Bertz CT molecular complexity index is 491. The van der Waals surface area contributed by atoms with E-state index in [4.69, 9.17) is 14.6 Å². The molecule has 1 unspecified atom stereocenters. The van der Waals surface area contributed by atoms with Gasteiger partial charge in [-0.3, -0.25) is 4.79 Å². The molecule has 0 amide bonds. The number of fused-ring (bicyclic) bond motifs is 1. The largest absolute Gasteiger partial charge is 0.481 e. The van der Waals surface area contributed by atoms with Crippen LogP contribution in [0, 0.1) is 5.92 Å². The molecule has 0 radical (unpaired) electrons. The van der Waals surface area contributed by atoms with Gasteiger partial charge in [-0.1, -0.05) is 13.0 Å². The van der Waals surface area contributed by atoms with Crippen molar-refractivity contribution in [3.05, 3.63) is 23.8 Å². The van der Waals surface area contributed by atoms with Gasteiger partial charge in [-0.2, -0.15) is 0 Å². The molecule has 1 saturated carbocycles. The number of carbonyl (C=O) groups is 1. The number of hydrogen-bond acceptors (Lipinski definition) is 3. The Hall–Kier alpha value is -1.71. The molecule has 1 aliphatic carbocycles. The maximum absolute atomic E-state index is 10.8. The Morgan fingerprint density at radius 1 is 1.39 bits per heavy atom. The van der Waals surface area contributed by atoms with Crippen molar-refractivity contribution in [2.24, 2.45) is 5.92 Å². The van der Waals surface area contributed by atoms with Crippen LogP contribution >= 0.6 is 0 Å². The lowest BCUT2D eigenvalue weighted by molar-refractivity contribution is -0.141. The fourth-order valence-electron chi connectivity index (χ4n) is 2.38. The minimum absolute atomic E-state index is 0.386. The first-order chi connectivity index (χ1) is 8.58. The van der Waals surface area contributed by atoms with Crippen LogP contribution in [-0.2, 0) is 11.2 Å². The van der Waals surface area contributed by atoms with E-state index in [0.29, 0.717) is 6.42 Å². The monoisotopic (exact) mass is 248 g/mol. The highest BCUT2D eigenvalue weighted by molar-refractivity contribution is 5.70. The number of aliphatic carboxylic acids is 1. The third kappa shape index (κ3) is 1.82. The van der Waals surface area contributed by atoms with Crippen molar-refractivity contribution < 1.29 is 19.4 Å². The summed E-state index contributed by atoms with van der Waals surface area (Å²) in [5.41, 5.74) is 0.976. The summed E-state index contributed by atoms with van der Waals surface area (Å²) >= 11 is 0. The van der Waals surface area contributed by atoms with E-state index in [1.807, 2.05) is 18.2 Å². The van der Waals surface area contributed by atoms with Crippen molar-refractivity contribution in [1.82, 2.24) is 0 Å². The minimum atomic E-state index is -0.775. The van der Waals surface area contributed by atoms with Gasteiger partial charge < -0.3 is 14.6 Å². The van der Waals surface area contributed by atoms with Crippen LogP contribution < -0.4 is 9.47 Å². The Morgan fingerprint density at radius 3 is 2.72 bits per heavy atom. The molecule has 1 atom stereocenters. The highest BCUT2D eigenvalue weighted by atomic mass is 16.7. The molecular formula is C14H16O4. The fourth-order valence-corrected chi connectivity index (χ4v) is 2.38. The van der Waals surface area contributed by atoms with Crippen molar-refractivity contribution in [1.29, 1.82) is 0 Å². The first-order valence-electron chi connectivity index (χ1n) is 6.32. The molecule has 1 spiro atoms. The van der Waals surface area contributed by atoms with Gasteiger partial charge in [0.25, 0.3) is 5.79 Å². The summed E-state index contributed by atoms with van der Waals surface area (Å²) < 4.78 is 11.6. The standard InChI is InChI=1S/C14H16O4/c1-9(13(15)16)7-10-3-4-11-12(8-10)18-14(17-11)5-2-6-14/h3-4,8-9H,2,5-7H2,1H3,(H,15,16). The Morgan fingerprint density at radius 2 is 2.11 bits per heavy atom. The van der Waals surface area contributed by atoms with Gasteiger partial charge in [-0.15, -0.1) is 0 Å². The van der Waals surface area contributed by atoms with E-state index in [2.05, 4.69) is 0 Å². The second kappa shape index (κ2) is 3.90. The molecular weight excluding hydrogens is 232 g/mol. The normalized spacial score (nSPS) is 20.5.